The molecule has 118 valence electrons. The van der Waals surface area contributed by atoms with E-state index in [0.717, 1.165) is 11.5 Å². The third kappa shape index (κ3) is 3.13. The summed E-state index contributed by atoms with van der Waals surface area (Å²) in [5.41, 5.74) is 5.22. The Balaban J connectivity index is 2.56. The molecule has 0 aliphatic heterocycles. The van der Waals surface area contributed by atoms with Gasteiger partial charge in [-0.3, -0.25) is 0 Å². The first kappa shape index (κ1) is 16.8. The molecule has 22 heavy (non-hydrogen) atoms. The molecule has 0 saturated carbocycles. The Morgan fingerprint density at radius 2 is 0.909 bits per heavy atom. The Morgan fingerprint density at radius 3 is 1.14 bits per heavy atom. The summed E-state index contributed by atoms with van der Waals surface area (Å²) in [4.78, 5) is 0. The fourth-order valence-electron chi connectivity index (χ4n) is 3.24. The Morgan fingerprint density at radius 1 is 0.636 bits per heavy atom. The van der Waals surface area contributed by atoms with Crippen molar-refractivity contribution in [2.45, 2.75) is 27.7 Å². The zero-order valence-corrected chi connectivity index (χ0v) is 15.5. The molecule has 0 heterocycles. The van der Waals surface area contributed by atoms with Gasteiger partial charge in [-0.2, -0.15) is 0 Å². The van der Waals surface area contributed by atoms with E-state index >= 15 is 0 Å². The van der Waals surface area contributed by atoms with Gasteiger partial charge in [0.15, 0.2) is 0 Å². The molecule has 2 nitrogen and oxygen atoms in total. The summed E-state index contributed by atoms with van der Waals surface area (Å²) in [6.45, 7) is 11.1. The molecule has 0 radical (unpaired) electrons. The predicted molar refractivity (Wildman–Crippen MR) is 97.0 cm³/mol. The van der Waals surface area contributed by atoms with Crippen LogP contribution in [0.2, 0.25) is 0 Å². The van der Waals surface area contributed by atoms with Crippen LogP contribution in [0, 0.1) is 27.7 Å². The predicted octanol–water partition coefficient (Wildman–Crippen LogP) is 4.00. The second kappa shape index (κ2) is 6.71. The molecule has 0 amide bonds. The lowest BCUT2D eigenvalue weighted by atomic mass is 10.1. The summed E-state index contributed by atoms with van der Waals surface area (Å²) in [6, 6.07) is 8.54. The molecule has 3 heteroatoms. The molecular formula is C19H25O2P. The minimum absolute atomic E-state index is 0.400. The molecule has 0 spiro atoms. The zero-order valence-electron chi connectivity index (χ0n) is 14.6. The number of methoxy groups -OCH3 is 2. The number of rotatable bonds is 4. The standard InChI is InChI=1S/C19H25O2P/c1-12-8-16(20-5)9-13(2)18(12)22(7)19-14(3)10-17(21-6)11-15(19)4/h8-11H,1-7H3. The maximum Gasteiger partial charge on any atom is 0.119 e. The van der Waals surface area contributed by atoms with Gasteiger partial charge in [0.05, 0.1) is 14.2 Å². The third-order valence-electron chi connectivity index (χ3n) is 4.07. The minimum Gasteiger partial charge on any atom is -0.497 e. The number of ether oxygens (including phenoxy) is 2. The molecule has 0 aliphatic carbocycles. The Labute approximate surface area is 135 Å². The van der Waals surface area contributed by atoms with Crippen molar-refractivity contribution < 1.29 is 9.47 Å². The molecule has 2 rings (SSSR count). The van der Waals surface area contributed by atoms with Crippen molar-refractivity contribution in [3.8, 4) is 11.5 Å². The van der Waals surface area contributed by atoms with E-state index < -0.39 is 7.92 Å². The lowest BCUT2D eigenvalue weighted by Crippen LogP contribution is -2.20. The van der Waals surface area contributed by atoms with Crippen LogP contribution in [0.25, 0.3) is 0 Å². The SMILES string of the molecule is COc1cc(C)c(P(C)c2c(C)cc(OC)cc2C)c(C)c1. The molecule has 0 N–H and O–H groups in total. The molecule has 0 fully saturated rings. The van der Waals surface area contributed by atoms with E-state index in [4.69, 9.17) is 9.47 Å². The topological polar surface area (TPSA) is 18.5 Å². The maximum atomic E-state index is 5.38. The van der Waals surface area contributed by atoms with Gasteiger partial charge in [-0.05, 0) is 99.4 Å². The highest BCUT2D eigenvalue weighted by atomic mass is 31.1. The first-order valence-electron chi connectivity index (χ1n) is 7.43. The highest BCUT2D eigenvalue weighted by Gasteiger charge is 2.18. The van der Waals surface area contributed by atoms with Gasteiger partial charge in [-0.25, -0.2) is 0 Å². The highest BCUT2D eigenvalue weighted by molar-refractivity contribution is 7.72. The zero-order chi connectivity index (χ0) is 16.4. The highest BCUT2D eigenvalue weighted by Crippen LogP contribution is 2.36. The van der Waals surface area contributed by atoms with Gasteiger partial charge in [-0.15, -0.1) is 0 Å². The van der Waals surface area contributed by atoms with Crippen molar-refractivity contribution in [2.24, 2.45) is 0 Å². The smallest absolute Gasteiger partial charge is 0.119 e. The van der Waals surface area contributed by atoms with Crippen LogP contribution in [0.5, 0.6) is 11.5 Å². The third-order valence-corrected chi connectivity index (χ3v) is 6.82. The van der Waals surface area contributed by atoms with E-state index in [1.807, 2.05) is 0 Å². The second-order valence-electron chi connectivity index (χ2n) is 5.78. The van der Waals surface area contributed by atoms with E-state index in [-0.39, 0.29) is 0 Å². The van der Waals surface area contributed by atoms with Crippen molar-refractivity contribution in [3.63, 3.8) is 0 Å². The molecule has 2 aromatic rings. The summed E-state index contributed by atoms with van der Waals surface area (Å²) in [6.07, 6.45) is 0. The fraction of sp³-hybridized carbons (Fsp3) is 0.368. The first-order valence-corrected chi connectivity index (χ1v) is 9.22. The molecular weight excluding hydrogens is 291 g/mol. The van der Waals surface area contributed by atoms with Crippen LogP contribution in [0.4, 0.5) is 0 Å². The van der Waals surface area contributed by atoms with Gasteiger partial charge in [0, 0.05) is 0 Å². The van der Waals surface area contributed by atoms with E-state index in [9.17, 15) is 0 Å². The monoisotopic (exact) mass is 316 g/mol. The lowest BCUT2D eigenvalue weighted by Gasteiger charge is -2.23. The van der Waals surface area contributed by atoms with Gasteiger partial charge in [-0.1, -0.05) is 0 Å². The summed E-state index contributed by atoms with van der Waals surface area (Å²) >= 11 is 0. The second-order valence-corrected chi connectivity index (χ2v) is 7.79. The van der Waals surface area contributed by atoms with Crippen LogP contribution < -0.4 is 20.1 Å². The minimum atomic E-state index is -0.400. The van der Waals surface area contributed by atoms with E-state index in [1.165, 1.54) is 32.9 Å². The van der Waals surface area contributed by atoms with Crippen LogP contribution in [-0.2, 0) is 0 Å². The summed E-state index contributed by atoms with van der Waals surface area (Å²) in [7, 11) is 3.05. The van der Waals surface area contributed by atoms with Gasteiger partial charge < -0.3 is 9.47 Å². The van der Waals surface area contributed by atoms with Gasteiger partial charge in [0.1, 0.15) is 11.5 Å². The van der Waals surface area contributed by atoms with Crippen LogP contribution >= 0.6 is 7.92 Å². The molecule has 2 aromatic carbocycles. The number of hydrogen-bond donors (Lipinski definition) is 0. The Hall–Kier alpha value is -1.53. The number of benzene rings is 2. The maximum absolute atomic E-state index is 5.38. The van der Waals surface area contributed by atoms with Gasteiger partial charge in [0.25, 0.3) is 0 Å². The average molecular weight is 316 g/mol. The Bertz CT molecular complexity index is 586. The summed E-state index contributed by atoms with van der Waals surface area (Å²) in [5.74, 6) is 1.87. The van der Waals surface area contributed by atoms with E-state index in [2.05, 4.69) is 58.6 Å². The summed E-state index contributed by atoms with van der Waals surface area (Å²) in [5, 5.41) is 2.90. The largest absolute Gasteiger partial charge is 0.497 e. The molecule has 0 saturated heterocycles. The molecule has 0 unspecified atom stereocenters. The first-order chi connectivity index (χ1) is 10.4. The van der Waals surface area contributed by atoms with Crippen molar-refractivity contribution >= 4 is 18.5 Å². The van der Waals surface area contributed by atoms with Gasteiger partial charge >= 0.3 is 0 Å². The van der Waals surface area contributed by atoms with Crippen LogP contribution in [0.1, 0.15) is 22.3 Å². The molecule has 0 aromatic heterocycles. The average Bonchev–Trinajstić information content (AvgIpc) is 2.45. The van der Waals surface area contributed by atoms with E-state index in [1.54, 1.807) is 14.2 Å². The van der Waals surface area contributed by atoms with Gasteiger partial charge in [0.2, 0.25) is 0 Å². The summed E-state index contributed by atoms with van der Waals surface area (Å²) < 4.78 is 10.8. The fourth-order valence-corrected chi connectivity index (χ4v) is 5.84. The van der Waals surface area contributed by atoms with Crippen LogP contribution in [0.3, 0.4) is 0 Å². The van der Waals surface area contributed by atoms with E-state index in [0.29, 0.717) is 0 Å². The number of aryl methyl sites for hydroxylation is 4. The van der Waals surface area contributed by atoms with Crippen molar-refractivity contribution in [3.05, 3.63) is 46.5 Å². The van der Waals surface area contributed by atoms with Crippen LogP contribution in [-0.4, -0.2) is 20.9 Å². The van der Waals surface area contributed by atoms with Crippen molar-refractivity contribution in [2.75, 3.05) is 20.9 Å². The van der Waals surface area contributed by atoms with Crippen molar-refractivity contribution in [1.82, 2.24) is 0 Å². The molecule has 0 atom stereocenters. The van der Waals surface area contributed by atoms with Crippen LogP contribution in [0.15, 0.2) is 24.3 Å². The quantitative estimate of drug-likeness (QED) is 0.794. The molecule has 0 bridgehead atoms. The number of hydrogen-bond acceptors (Lipinski definition) is 2. The van der Waals surface area contributed by atoms with Crippen molar-refractivity contribution in [1.29, 1.82) is 0 Å². The lowest BCUT2D eigenvalue weighted by molar-refractivity contribution is 0.414. The normalized spacial score (nSPS) is 10.9. The Kier molecular flexibility index (Phi) is 5.13. The molecule has 0 aliphatic rings.